The summed E-state index contributed by atoms with van der Waals surface area (Å²) in [6, 6.07) is 4.36. The van der Waals surface area contributed by atoms with Crippen molar-refractivity contribution in [3.05, 3.63) is 29.3 Å². The largest absolute Gasteiger partial charge is 0.466 e. The predicted octanol–water partition coefficient (Wildman–Crippen LogP) is 1.17. The number of hydrogen-bond donors (Lipinski definition) is 1. The minimum absolute atomic E-state index is 0.00376. The fraction of sp³-hybridized carbons (Fsp3) is 0.571. The lowest BCUT2D eigenvalue weighted by Crippen LogP contribution is -2.45. The number of piperidine rings is 1. The lowest BCUT2D eigenvalue weighted by molar-refractivity contribution is -0.151. The van der Waals surface area contributed by atoms with Crippen LogP contribution in [-0.2, 0) is 24.3 Å². The summed E-state index contributed by atoms with van der Waals surface area (Å²) >= 11 is 0. The second-order valence-electron chi connectivity index (χ2n) is 7.55. The van der Waals surface area contributed by atoms with Crippen molar-refractivity contribution >= 4 is 27.8 Å². The molecule has 0 radical (unpaired) electrons. The van der Waals surface area contributed by atoms with Crippen LogP contribution in [0.25, 0.3) is 0 Å². The molecule has 1 fully saturated rings. The van der Waals surface area contributed by atoms with Crippen molar-refractivity contribution in [1.82, 2.24) is 14.5 Å². The summed E-state index contributed by atoms with van der Waals surface area (Å²) in [5.41, 5.74) is 0.852. The van der Waals surface area contributed by atoms with Gasteiger partial charge < -0.3 is 14.5 Å². The van der Waals surface area contributed by atoms with Crippen LogP contribution in [0.5, 0.6) is 0 Å². The number of aryl methyl sites for hydroxylation is 1. The fourth-order valence-corrected chi connectivity index (χ4v) is 4.54. The van der Waals surface area contributed by atoms with Gasteiger partial charge in [-0.15, -0.1) is 0 Å². The molecule has 10 heteroatoms. The van der Waals surface area contributed by atoms with Crippen molar-refractivity contribution in [2.75, 3.05) is 39.8 Å². The molecule has 1 aromatic rings. The molecule has 0 aromatic heterocycles. The highest BCUT2D eigenvalue weighted by atomic mass is 32.2. The Labute approximate surface area is 183 Å². The highest BCUT2D eigenvalue weighted by Crippen LogP contribution is 2.20. The Hall–Kier alpha value is -2.46. The number of sulfonamides is 1. The molecule has 0 bridgehead atoms. The van der Waals surface area contributed by atoms with Gasteiger partial charge in [0.05, 0.1) is 24.0 Å². The molecule has 1 saturated heterocycles. The van der Waals surface area contributed by atoms with Gasteiger partial charge in [-0.25, -0.2) is 13.1 Å². The number of rotatable bonds is 8. The number of amides is 2. The van der Waals surface area contributed by atoms with E-state index in [4.69, 9.17) is 4.74 Å². The molecule has 1 aliphatic rings. The predicted molar refractivity (Wildman–Crippen MR) is 115 cm³/mol. The second kappa shape index (κ2) is 10.7. The molecule has 172 valence electrons. The van der Waals surface area contributed by atoms with Crippen LogP contribution >= 0.6 is 0 Å². The van der Waals surface area contributed by atoms with Gasteiger partial charge in [0, 0.05) is 32.2 Å². The van der Waals surface area contributed by atoms with E-state index < -0.39 is 15.9 Å². The van der Waals surface area contributed by atoms with E-state index in [9.17, 15) is 22.8 Å². The van der Waals surface area contributed by atoms with E-state index in [1.807, 2.05) is 0 Å². The lowest BCUT2D eigenvalue weighted by atomic mass is 9.97. The molecule has 0 atom stereocenters. The molecule has 0 spiro atoms. The standard InChI is InChI=1S/C21H31N3O6S/c1-5-22-31(28,29)17-8-7-15(3)18(13-17)20(26)23(4)14-19(25)24-11-9-16(10-12-24)21(27)30-6-2/h7-8,13,16,22H,5-6,9-12,14H2,1-4H3. The smallest absolute Gasteiger partial charge is 0.309 e. The average Bonchev–Trinajstić information content (AvgIpc) is 2.73. The average molecular weight is 454 g/mol. The number of likely N-dealkylation sites (tertiary alicyclic amines) is 1. The summed E-state index contributed by atoms with van der Waals surface area (Å²) in [4.78, 5) is 40.3. The van der Waals surface area contributed by atoms with E-state index >= 15 is 0 Å². The van der Waals surface area contributed by atoms with E-state index in [0.717, 1.165) is 0 Å². The van der Waals surface area contributed by atoms with Crippen LogP contribution in [0.15, 0.2) is 23.1 Å². The zero-order chi connectivity index (χ0) is 23.2. The second-order valence-corrected chi connectivity index (χ2v) is 9.31. The van der Waals surface area contributed by atoms with Crippen molar-refractivity contribution in [1.29, 1.82) is 0 Å². The number of carbonyl (C=O) groups is 3. The van der Waals surface area contributed by atoms with Crippen molar-refractivity contribution in [2.45, 2.75) is 38.5 Å². The van der Waals surface area contributed by atoms with Gasteiger partial charge in [-0.3, -0.25) is 14.4 Å². The molecular formula is C21H31N3O6S. The molecule has 1 N–H and O–H groups in total. The monoisotopic (exact) mass is 453 g/mol. The Morgan fingerprint density at radius 2 is 1.84 bits per heavy atom. The number of benzene rings is 1. The maximum Gasteiger partial charge on any atom is 0.309 e. The Kier molecular flexibility index (Phi) is 8.58. The van der Waals surface area contributed by atoms with Gasteiger partial charge in [0.25, 0.3) is 5.91 Å². The Morgan fingerprint density at radius 1 is 1.19 bits per heavy atom. The van der Waals surface area contributed by atoms with Gasteiger partial charge in [0.2, 0.25) is 15.9 Å². The fourth-order valence-electron chi connectivity index (χ4n) is 3.48. The van der Waals surface area contributed by atoms with Crippen LogP contribution in [0.1, 0.15) is 42.6 Å². The molecule has 2 rings (SSSR count). The number of nitrogens with one attached hydrogen (secondary N) is 1. The lowest BCUT2D eigenvalue weighted by Gasteiger charge is -2.32. The van der Waals surface area contributed by atoms with Crippen molar-refractivity contribution < 1.29 is 27.5 Å². The Balaban J connectivity index is 2.03. The maximum atomic E-state index is 12.9. The first-order valence-corrected chi connectivity index (χ1v) is 11.9. The normalized spacial score (nSPS) is 14.9. The quantitative estimate of drug-likeness (QED) is 0.591. The van der Waals surface area contributed by atoms with Crippen molar-refractivity contribution in [2.24, 2.45) is 5.92 Å². The van der Waals surface area contributed by atoms with Crippen molar-refractivity contribution in [3.8, 4) is 0 Å². The first-order chi connectivity index (χ1) is 14.6. The van der Waals surface area contributed by atoms with E-state index in [0.29, 0.717) is 38.1 Å². The van der Waals surface area contributed by atoms with Gasteiger partial charge in [-0.2, -0.15) is 0 Å². The minimum atomic E-state index is -3.70. The highest BCUT2D eigenvalue weighted by molar-refractivity contribution is 7.89. The van der Waals surface area contributed by atoms with E-state index in [1.165, 1.54) is 24.1 Å². The summed E-state index contributed by atoms with van der Waals surface area (Å²) in [5, 5.41) is 0. The molecule has 1 aromatic carbocycles. The number of nitrogens with zero attached hydrogens (tertiary/aromatic N) is 2. The molecule has 0 unspecified atom stereocenters. The number of likely N-dealkylation sites (N-methyl/N-ethyl adjacent to an activating group) is 1. The van der Waals surface area contributed by atoms with Crippen molar-refractivity contribution in [3.63, 3.8) is 0 Å². The zero-order valence-electron chi connectivity index (χ0n) is 18.5. The molecule has 9 nitrogen and oxygen atoms in total. The summed E-state index contributed by atoms with van der Waals surface area (Å²) in [6.07, 6.45) is 1.07. The number of carbonyl (C=O) groups excluding carboxylic acids is 3. The summed E-state index contributed by atoms with van der Waals surface area (Å²) < 4.78 is 32.0. The molecule has 1 aliphatic heterocycles. The summed E-state index contributed by atoms with van der Waals surface area (Å²) in [6.45, 7) is 6.45. The topological polar surface area (TPSA) is 113 Å². The van der Waals surface area contributed by atoms with Crippen LogP contribution < -0.4 is 4.72 Å². The molecule has 0 aliphatic carbocycles. The van der Waals surface area contributed by atoms with Crippen LogP contribution in [0, 0.1) is 12.8 Å². The van der Waals surface area contributed by atoms with Crippen LogP contribution in [0.4, 0.5) is 0 Å². The van der Waals surface area contributed by atoms with Gasteiger partial charge in [-0.1, -0.05) is 13.0 Å². The third-order valence-corrected chi connectivity index (χ3v) is 6.81. The first kappa shape index (κ1) is 24.8. The molecule has 2 amide bonds. The zero-order valence-corrected chi connectivity index (χ0v) is 19.3. The summed E-state index contributed by atoms with van der Waals surface area (Å²) in [7, 11) is -2.19. The van der Waals surface area contributed by atoms with E-state index in [1.54, 1.807) is 31.7 Å². The SMILES string of the molecule is CCNS(=O)(=O)c1ccc(C)c(C(=O)N(C)CC(=O)N2CCC(C(=O)OCC)CC2)c1. The minimum Gasteiger partial charge on any atom is -0.466 e. The number of esters is 1. The van der Waals surface area contributed by atoms with Crippen LogP contribution in [-0.4, -0.2) is 75.8 Å². The number of hydrogen-bond acceptors (Lipinski definition) is 6. The van der Waals surface area contributed by atoms with E-state index in [2.05, 4.69) is 4.72 Å². The van der Waals surface area contributed by atoms with Gasteiger partial charge in [0.1, 0.15) is 0 Å². The highest BCUT2D eigenvalue weighted by Gasteiger charge is 2.29. The molecule has 0 saturated carbocycles. The van der Waals surface area contributed by atoms with Crippen LogP contribution in [0.2, 0.25) is 0 Å². The van der Waals surface area contributed by atoms with E-state index in [-0.39, 0.29) is 41.3 Å². The first-order valence-electron chi connectivity index (χ1n) is 10.4. The Bertz CT molecular complexity index is 923. The third kappa shape index (κ3) is 6.27. The van der Waals surface area contributed by atoms with Crippen LogP contribution in [0.3, 0.4) is 0 Å². The van der Waals surface area contributed by atoms with Gasteiger partial charge in [0.15, 0.2) is 0 Å². The summed E-state index contributed by atoms with van der Waals surface area (Å²) in [5.74, 6) is -1.08. The number of ether oxygens (including phenoxy) is 1. The molecule has 1 heterocycles. The van der Waals surface area contributed by atoms with Gasteiger partial charge >= 0.3 is 5.97 Å². The maximum absolute atomic E-state index is 12.9. The molecular weight excluding hydrogens is 422 g/mol. The Morgan fingerprint density at radius 3 is 2.42 bits per heavy atom. The van der Waals surface area contributed by atoms with Gasteiger partial charge in [-0.05, 0) is 44.4 Å². The molecule has 31 heavy (non-hydrogen) atoms. The third-order valence-electron chi connectivity index (χ3n) is 5.27.